The summed E-state index contributed by atoms with van der Waals surface area (Å²) in [4.78, 5) is 12.1. The minimum absolute atomic E-state index is 0.0742. The number of anilines is 1. The SMILES string of the molecule is N#Cc1ccc(CCC(=O)Nc2ccc(OC3CCCC3)c(Cl)c2)cc1. The first kappa shape index (κ1) is 18.3. The lowest BCUT2D eigenvalue weighted by Crippen LogP contribution is -2.13. The zero-order valence-electron chi connectivity index (χ0n) is 14.5. The number of halogens is 1. The van der Waals surface area contributed by atoms with E-state index in [4.69, 9.17) is 21.6 Å². The maximum absolute atomic E-state index is 12.1. The van der Waals surface area contributed by atoms with Crippen molar-refractivity contribution in [2.75, 3.05) is 5.32 Å². The van der Waals surface area contributed by atoms with E-state index in [1.54, 1.807) is 18.2 Å². The number of carbonyl (C=O) groups is 1. The van der Waals surface area contributed by atoms with Crippen LogP contribution in [0, 0.1) is 11.3 Å². The molecule has 5 heteroatoms. The number of hydrogen-bond donors (Lipinski definition) is 1. The van der Waals surface area contributed by atoms with Crippen molar-refractivity contribution in [1.29, 1.82) is 5.26 Å². The summed E-state index contributed by atoms with van der Waals surface area (Å²) < 4.78 is 5.92. The Morgan fingerprint density at radius 2 is 1.92 bits per heavy atom. The Hall–Kier alpha value is -2.51. The smallest absolute Gasteiger partial charge is 0.224 e. The van der Waals surface area contributed by atoms with Crippen molar-refractivity contribution >= 4 is 23.2 Å². The van der Waals surface area contributed by atoms with Crippen LogP contribution in [0.15, 0.2) is 42.5 Å². The zero-order chi connectivity index (χ0) is 18.4. The number of aryl methyl sites for hydroxylation is 1. The van der Waals surface area contributed by atoms with Gasteiger partial charge in [-0.25, -0.2) is 0 Å². The minimum Gasteiger partial charge on any atom is -0.489 e. The van der Waals surface area contributed by atoms with Crippen molar-refractivity contribution in [2.24, 2.45) is 0 Å². The molecule has 0 aromatic heterocycles. The Morgan fingerprint density at radius 1 is 1.19 bits per heavy atom. The molecule has 0 bridgehead atoms. The number of nitrogens with zero attached hydrogens (tertiary/aromatic N) is 1. The number of nitriles is 1. The highest BCUT2D eigenvalue weighted by Gasteiger charge is 2.18. The minimum atomic E-state index is -0.0742. The zero-order valence-corrected chi connectivity index (χ0v) is 15.3. The lowest BCUT2D eigenvalue weighted by molar-refractivity contribution is -0.116. The third kappa shape index (κ3) is 5.00. The van der Waals surface area contributed by atoms with Crippen LogP contribution in [0.5, 0.6) is 5.75 Å². The highest BCUT2D eigenvalue weighted by Crippen LogP contribution is 2.31. The van der Waals surface area contributed by atoms with E-state index >= 15 is 0 Å². The molecule has 0 heterocycles. The standard InChI is InChI=1S/C21H21ClN2O2/c22-19-13-17(10-11-20(19)26-18-3-1-2-4-18)24-21(25)12-9-15-5-7-16(14-23)8-6-15/h5-8,10-11,13,18H,1-4,9,12H2,(H,24,25). The Morgan fingerprint density at radius 3 is 2.58 bits per heavy atom. The Labute approximate surface area is 158 Å². The second kappa shape index (κ2) is 8.73. The molecule has 26 heavy (non-hydrogen) atoms. The lowest BCUT2D eigenvalue weighted by atomic mass is 10.1. The maximum Gasteiger partial charge on any atom is 0.224 e. The van der Waals surface area contributed by atoms with Gasteiger partial charge in [-0.1, -0.05) is 23.7 Å². The molecule has 0 aliphatic heterocycles. The number of carbonyl (C=O) groups excluding carboxylic acids is 1. The molecule has 0 atom stereocenters. The van der Waals surface area contributed by atoms with Crippen LogP contribution >= 0.6 is 11.6 Å². The summed E-state index contributed by atoms with van der Waals surface area (Å²) in [6.07, 6.45) is 5.79. The van der Waals surface area contributed by atoms with Crippen LogP contribution in [0.25, 0.3) is 0 Å². The molecule has 2 aromatic carbocycles. The fourth-order valence-corrected chi connectivity index (χ4v) is 3.31. The second-order valence-electron chi connectivity index (χ2n) is 6.53. The van der Waals surface area contributed by atoms with E-state index in [1.807, 2.05) is 24.3 Å². The van der Waals surface area contributed by atoms with Crippen LogP contribution in [0.2, 0.25) is 5.02 Å². The first-order valence-electron chi connectivity index (χ1n) is 8.89. The second-order valence-corrected chi connectivity index (χ2v) is 6.93. The van der Waals surface area contributed by atoms with E-state index in [9.17, 15) is 4.79 Å². The molecule has 1 fully saturated rings. The van der Waals surface area contributed by atoms with Crippen LogP contribution in [0.4, 0.5) is 5.69 Å². The van der Waals surface area contributed by atoms with Gasteiger partial charge in [0, 0.05) is 12.1 Å². The topological polar surface area (TPSA) is 62.1 Å². The van der Waals surface area contributed by atoms with Crippen LogP contribution in [0.1, 0.15) is 43.2 Å². The molecular weight excluding hydrogens is 348 g/mol. The number of hydrogen-bond acceptors (Lipinski definition) is 3. The van der Waals surface area contributed by atoms with E-state index in [0.717, 1.165) is 18.4 Å². The molecule has 1 aliphatic rings. The van der Waals surface area contributed by atoms with Crippen LogP contribution in [-0.4, -0.2) is 12.0 Å². The Bertz CT molecular complexity index is 806. The Balaban J connectivity index is 1.51. The highest BCUT2D eigenvalue weighted by atomic mass is 35.5. The van der Waals surface area contributed by atoms with E-state index in [2.05, 4.69) is 11.4 Å². The summed E-state index contributed by atoms with van der Waals surface area (Å²) in [6.45, 7) is 0. The summed E-state index contributed by atoms with van der Waals surface area (Å²) in [5.41, 5.74) is 2.31. The quantitative estimate of drug-likeness (QED) is 0.771. The molecule has 4 nitrogen and oxygen atoms in total. The molecular formula is C21H21ClN2O2. The monoisotopic (exact) mass is 368 g/mol. The van der Waals surface area contributed by atoms with E-state index in [0.29, 0.717) is 34.9 Å². The van der Waals surface area contributed by atoms with Crippen molar-refractivity contribution in [2.45, 2.75) is 44.6 Å². The number of nitrogens with one attached hydrogen (secondary N) is 1. The van der Waals surface area contributed by atoms with Crippen LogP contribution in [-0.2, 0) is 11.2 Å². The molecule has 3 rings (SSSR count). The summed E-state index contributed by atoms with van der Waals surface area (Å²) in [7, 11) is 0. The third-order valence-corrected chi connectivity index (χ3v) is 4.83. The number of ether oxygens (including phenoxy) is 1. The van der Waals surface area contributed by atoms with Crippen molar-refractivity contribution < 1.29 is 9.53 Å². The van der Waals surface area contributed by atoms with Crippen LogP contribution < -0.4 is 10.1 Å². The molecule has 1 aliphatic carbocycles. The number of amides is 1. The molecule has 0 radical (unpaired) electrons. The van der Waals surface area contributed by atoms with Gasteiger partial charge in [0.1, 0.15) is 5.75 Å². The summed E-state index contributed by atoms with van der Waals surface area (Å²) in [6, 6.07) is 14.7. The molecule has 0 unspecified atom stereocenters. The fourth-order valence-electron chi connectivity index (χ4n) is 3.09. The van der Waals surface area contributed by atoms with Gasteiger partial charge >= 0.3 is 0 Å². The molecule has 1 amide bonds. The van der Waals surface area contributed by atoms with Gasteiger partial charge in [-0.05, 0) is 68.0 Å². The Kier molecular flexibility index (Phi) is 6.14. The lowest BCUT2D eigenvalue weighted by Gasteiger charge is -2.15. The number of benzene rings is 2. The predicted molar refractivity (Wildman–Crippen MR) is 102 cm³/mol. The van der Waals surface area contributed by atoms with Gasteiger partial charge in [-0.15, -0.1) is 0 Å². The molecule has 2 aromatic rings. The first-order chi connectivity index (χ1) is 12.6. The van der Waals surface area contributed by atoms with E-state index in [1.165, 1.54) is 12.8 Å². The highest BCUT2D eigenvalue weighted by molar-refractivity contribution is 6.32. The van der Waals surface area contributed by atoms with Gasteiger partial charge in [0.2, 0.25) is 5.91 Å². The third-order valence-electron chi connectivity index (χ3n) is 4.54. The van der Waals surface area contributed by atoms with Crippen molar-refractivity contribution in [1.82, 2.24) is 0 Å². The molecule has 1 saturated carbocycles. The molecule has 0 spiro atoms. The number of rotatable bonds is 6. The predicted octanol–water partition coefficient (Wildman–Crippen LogP) is 5.10. The van der Waals surface area contributed by atoms with Gasteiger partial charge in [0.05, 0.1) is 22.8 Å². The first-order valence-corrected chi connectivity index (χ1v) is 9.27. The largest absolute Gasteiger partial charge is 0.489 e. The van der Waals surface area contributed by atoms with Gasteiger partial charge in [-0.3, -0.25) is 4.79 Å². The fraction of sp³-hybridized carbons (Fsp3) is 0.333. The summed E-state index contributed by atoms with van der Waals surface area (Å²) in [5.74, 6) is 0.601. The van der Waals surface area contributed by atoms with Crippen molar-refractivity contribution in [3.05, 3.63) is 58.6 Å². The van der Waals surface area contributed by atoms with Gasteiger partial charge in [-0.2, -0.15) is 5.26 Å². The van der Waals surface area contributed by atoms with Crippen LogP contribution in [0.3, 0.4) is 0 Å². The van der Waals surface area contributed by atoms with E-state index in [-0.39, 0.29) is 12.0 Å². The normalized spacial score (nSPS) is 14.0. The summed E-state index contributed by atoms with van der Waals surface area (Å²) in [5, 5.41) is 12.2. The molecule has 0 saturated heterocycles. The van der Waals surface area contributed by atoms with Crippen molar-refractivity contribution in [3.63, 3.8) is 0 Å². The van der Waals surface area contributed by atoms with Gasteiger partial charge in [0.15, 0.2) is 0 Å². The molecule has 134 valence electrons. The average molecular weight is 369 g/mol. The van der Waals surface area contributed by atoms with E-state index < -0.39 is 0 Å². The summed E-state index contributed by atoms with van der Waals surface area (Å²) >= 11 is 6.29. The van der Waals surface area contributed by atoms with Crippen molar-refractivity contribution in [3.8, 4) is 11.8 Å². The van der Waals surface area contributed by atoms with Gasteiger partial charge < -0.3 is 10.1 Å². The maximum atomic E-state index is 12.1. The molecule has 1 N–H and O–H groups in total. The van der Waals surface area contributed by atoms with Gasteiger partial charge in [0.25, 0.3) is 0 Å². The average Bonchev–Trinajstić information content (AvgIpc) is 3.16.